The maximum atomic E-state index is 10.8. The van der Waals surface area contributed by atoms with E-state index in [4.69, 9.17) is 61.6 Å². The molecular weight excluding hydrogens is 588 g/mol. The van der Waals surface area contributed by atoms with Gasteiger partial charge < -0.3 is 61.6 Å². The lowest BCUT2D eigenvalue weighted by molar-refractivity contribution is -0.142. The van der Waals surface area contributed by atoms with Gasteiger partial charge in [0.15, 0.2) is 0 Å². The van der Waals surface area contributed by atoms with Crippen molar-refractivity contribution in [3.05, 3.63) is 12.7 Å². The minimum Gasteiger partial charge on any atom is -0.463 e. The maximum absolute atomic E-state index is 10.8. The van der Waals surface area contributed by atoms with Gasteiger partial charge in [0.1, 0.15) is 13.2 Å². The van der Waals surface area contributed by atoms with Gasteiger partial charge in [-0.15, -0.1) is 0 Å². The third kappa shape index (κ3) is 38.3. The summed E-state index contributed by atoms with van der Waals surface area (Å²) in [5.41, 5.74) is 0. The van der Waals surface area contributed by atoms with Crippen LogP contribution in [0.15, 0.2) is 12.7 Å². The van der Waals surface area contributed by atoms with Crippen molar-refractivity contribution in [3.63, 3.8) is 0 Å². The smallest absolute Gasteiger partial charge is 0.330 e. The Kier molecular flexibility index (Phi) is 35.9. The molecule has 0 spiro atoms. The Balaban J connectivity index is 3.06. The van der Waals surface area contributed by atoms with Gasteiger partial charge in [-0.25, -0.2) is 4.79 Å². The Morgan fingerprint density at radius 3 is 0.727 bits per heavy atom. The van der Waals surface area contributed by atoms with Crippen LogP contribution >= 0.6 is 0 Å². The number of esters is 2. The lowest BCUT2D eigenvalue weighted by Gasteiger charge is -2.09. The molecule has 260 valence electrons. The normalized spacial score (nSPS) is 11.1. The fourth-order valence-electron chi connectivity index (χ4n) is 2.81. The van der Waals surface area contributed by atoms with Crippen LogP contribution in [-0.4, -0.2) is 171 Å². The monoisotopic (exact) mass is 642 g/mol. The average molecular weight is 643 g/mol. The summed E-state index contributed by atoms with van der Waals surface area (Å²) >= 11 is 0. The molecule has 0 aromatic carbocycles. The van der Waals surface area contributed by atoms with Crippen LogP contribution < -0.4 is 0 Å². The highest BCUT2D eigenvalue weighted by molar-refractivity contribution is 5.81. The van der Waals surface area contributed by atoms with Crippen molar-refractivity contribution in [2.45, 2.75) is 6.92 Å². The second-order valence-corrected chi connectivity index (χ2v) is 8.45. The summed E-state index contributed by atoms with van der Waals surface area (Å²) in [5.74, 6) is -0.778. The SMILES string of the molecule is C=CC(=O)OCCOCCOCCOCCOCCOCCOCCOCCOCCOCCOCCOCCOC(C)=O. The van der Waals surface area contributed by atoms with E-state index in [0.29, 0.717) is 145 Å². The summed E-state index contributed by atoms with van der Waals surface area (Å²) in [7, 11) is 0. The standard InChI is InChI=1S/C29H54O15/c1-3-29(31)44-27-25-42-23-21-40-19-17-38-15-13-36-11-9-34-7-5-32-4-6-33-8-10-35-12-14-37-16-18-39-20-22-41-24-26-43-28(2)30/h3H,1,4-27H2,2H3. The molecule has 0 aromatic rings. The highest BCUT2D eigenvalue weighted by Gasteiger charge is 1.98. The Labute approximate surface area is 261 Å². The zero-order valence-electron chi connectivity index (χ0n) is 26.4. The molecular formula is C29H54O15. The second kappa shape index (κ2) is 37.4. The van der Waals surface area contributed by atoms with E-state index in [2.05, 4.69) is 6.58 Å². The van der Waals surface area contributed by atoms with E-state index < -0.39 is 5.97 Å². The van der Waals surface area contributed by atoms with Crippen LogP contribution in [0.2, 0.25) is 0 Å². The predicted molar refractivity (Wildman–Crippen MR) is 157 cm³/mol. The minimum atomic E-state index is -0.463. The quantitative estimate of drug-likeness (QED) is 0.0523. The fourth-order valence-corrected chi connectivity index (χ4v) is 2.81. The first-order chi connectivity index (χ1) is 21.7. The number of ether oxygens (including phenoxy) is 13. The van der Waals surface area contributed by atoms with E-state index in [9.17, 15) is 9.59 Å². The molecule has 0 aliphatic carbocycles. The molecule has 44 heavy (non-hydrogen) atoms. The highest BCUT2D eigenvalue weighted by atomic mass is 16.6. The van der Waals surface area contributed by atoms with Crippen LogP contribution in [0.1, 0.15) is 6.92 Å². The molecule has 0 fully saturated rings. The van der Waals surface area contributed by atoms with Crippen LogP contribution in [-0.2, 0) is 71.2 Å². The molecule has 0 saturated heterocycles. The Hall–Kier alpha value is -1.76. The first kappa shape index (κ1) is 42.2. The van der Waals surface area contributed by atoms with Gasteiger partial charge in [0, 0.05) is 13.0 Å². The third-order valence-electron chi connectivity index (χ3n) is 4.89. The Morgan fingerprint density at radius 2 is 0.545 bits per heavy atom. The van der Waals surface area contributed by atoms with Crippen molar-refractivity contribution in [1.29, 1.82) is 0 Å². The molecule has 0 rings (SSSR count). The van der Waals surface area contributed by atoms with Crippen LogP contribution in [0.25, 0.3) is 0 Å². The van der Waals surface area contributed by atoms with Crippen molar-refractivity contribution in [3.8, 4) is 0 Å². The molecule has 0 unspecified atom stereocenters. The Morgan fingerprint density at radius 1 is 0.364 bits per heavy atom. The predicted octanol–water partition coefficient (Wildman–Crippen LogP) is 0.461. The summed E-state index contributed by atoms with van der Waals surface area (Å²) in [5, 5.41) is 0. The molecule has 15 heteroatoms. The lowest BCUT2D eigenvalue weighted by Crippen LogP contribution is -2.15. The van der Waals surface area contributed by atoms with Gasteiger partial charge in [0.05, 0.1) is 145 Å². The molecule has 0 aromatic heterocycles. The molecule has 0 bridgehead atoms. The van der Waals surface area contributed by atoms with Gasteiger partial charge in [-0.05, 0) is 0 Å². The van der Waals surface area contributed by atoms with Crippen molar-refractivity contribution >= 4 is 11.9 Å². The maximum Gasteiger partial charge on any atom is 0.330 e. The van der Waals surface area contributed by atoms with E-state index in [1.165, 1.54) is 6.92 Å². The number of carbonyl (C=O) groups is 2. The van der Waals surface area contributed by atoms with Gasteiger partial charge in [0.2, 0.25) is 0 Å². The fraction of sp³-hybridized carbons (Fsp3) is 0.862. The zero-order valence-corrected chi connectivity index (χ0v) is 26.4. The molecule has 0 radical (unpaired) electrons. The van der Waals surface area contributed by atoms with Crippen LogP contribution in [0, 0.1) is 0 Å². The van der Waals surface area contributed by atoms with Crippen LogP contribution in [0.3, 0.4) is 0 Å². The minimum absolute atomic E-state index is 0.194. The third-order valence-corrected chi connectivity index (χ3v) is 4.89. The molecule has 0 N–H and O–H groups in total. The van der Waals surface area contributed by atoms with E-state index in [0.717, 1.165) is 6.08 Å². The summed E-state index contributed by atoms with van der Waals surface area (Å²) in [6, 6.07) is 0. The molecule has 15 nitrogen and oxygen atoms in total. The number of hydrogen-bond donors (Lipinski definition) is 0. The van der Waals surface area contributed by atoms with E-state index in [1.54, 1.807) is 0 Å². The van der Waals surface area contributed by atoms with Gasteiger partial charge in [-0.2, -0.15) is 0 Å². The molecule has 0 aliphatic heterocycles. The van der Waals surface area contributed by atoms with E-state index in [-0.39, 0.29) is 19.2 Å². The van der Waals surface area contributed by atoms with Crippen LogP contribution in [0.4, 0.5) is 0 Å². The number of hydrogen-bond acceptors (Lipinski definition) is 15. The zero-order chi connectivity index (χ0) is 32.0. The van der Waals surface area contributed by atoms with Gasteiger partial charge >= 0.3 is 11.9 Å². The number of carbonyl (C=O) groups excluding carboxylic acids is 2. The average Bonchev–Trinajstić information content (AvgIpc) is 3.02. The Bertz CT molecular complexity index is 624. The number of rotatable bonds is 37. The highest BCUT2D eigenvalue weighted by Crippen LogP contribution is 1.88. The van der Waals surface area contributed by atoms with Crippen molar-refractivity contribution in [2.75, 3.05) is 159 Å². The van der Waals surface area contributed by atoms with Crippen molar-refractivity contribution in [2.24, 2.45) is 0 Å². The summed E-state index contributed by atoms with van der Waals surface area (Å²) < 4.78 is 68.8. The summed E-state index contributed by atoms with van der Waals surface area (Å²) in [6.07, 6.45) is 1.11. The largest absolute Gasteiger partial charge is 0.463 e. The van der Waals surface area contributed by atoms with E-state index in [1.807, 2.05) is 0 Å². The van der Waals surface area contributed by atoms with Gasteiger partial charge in [-0.3, -0.25) is 4.79 Å². The van der Waals surface area contributed by atoms with E-state index >= 15 is 0 Å². The lowest BCUT2D eigenvalue weighted by atomic mass is 10.6. The molecule has 0 aliphatic rings. The molecule has 0 amide bonds. The second-order valence-electron chi connectivity index (χ2n) is 8.45. The molecule has 0 atom stereocenters. The molecule has 0 saturated carbocycles. The first-order valence-corrected chi connectivity index (χ1v) is 14.9. The molecule has 0 heterocycles. The summed E-state index contributed by atoms with van der Waals surface area (Å²) in [6.45, 7) is 15.3. The van der Waals surface area contributed by atoms with Crippen molar-refractivity contribution < 1.29 is 71.2 Å². The summed E-state index contributed by atoms with van der Waals surface area (Å²) in [4.78, 5) is 21.4. The van der Waals surface area contributed by atoms with Gasteiger partial charge in [-0.1, -0.05) is 6.58 Å². The topological polar surface area (TPSA) is 154 Å². The van der Waals surface area contributed by atoms with Crippen LogP contribution in [0.5, 0.6) is 0 Å². The van der Waals surface area contributed by atoms with Gasteiger partial charge in [0.25, 0.3) is 0 Å². The van der Waals surface area contributed by atoms with Crippen molar-refractivity contribution in [1.82, 2.24) is 0 Å². The first-order valence-electron chi connectivity index (χ1n) is 14.9.